The third-order valence-corrected chi connectivity index (χ3v) is 18.5. The van der Waals surface area contributed by atoms with Crippen molar-refractivity contribution in [2.75, 3.05) is 116 Å². The summed E-state index contributed by atoms with van der Waals surface area (Å²) in [5.74, 6) is 2.44. The van der Waals surface area contributed by atoms with E-state index in [1.807, 2.05) is 0 Å². The summed E-state index contributed by atoms with van der Waals surface area (Å²) < 4.78 is 2.46. The summed E-state index contributed by atoms with van der Waals surface area (Å²) in [7, 11) is 0. The molecule has 13 fully saturated rings. The molecule has 8 atom stereocenters. The molecule has 8 unspecified atom stereocenters. The van der Waals surface area contributed by atoms with Gasteiger partial charge in [-0.1, -0.05) is 7.43 Å². The van der Waals surface area contributed by atoms with Gasteiger partial charge in [0.1, 0.15) is 31.5 Å². The van der Waals surface area contributed by atoms with Gasteiger partial charge in [-0.25, -0.2) is 19.3 Å². The number of piperidine rings is 1. The predicted molar refractivity (Wildman–Crippen MR) is 240 cm³/mol. The number of hydrogen-bond acceptors (Lipinski definition) is 13. The molecule has 16 heterocycles. The Labute approximate surface area is 368 Å². The van der Waals surface area contributed by atoms with Gasteiger partial charge in [-0.05, 0) is 90.8 Å². The minimum absolute atomic E-state index is 0. The van der Waals surface area contributed by atoms with Crippen LogP contribution in [0.15, 0.2) is 18.3 Å². The standard InChI is InChI=1S/C13H22N4.C13H17N4.C11H21N3.C9H17N3.CH4/c2*1-3-10-7-15-5-2-6-16-9-11-8-14(4-1)12(10)17(11)13(15)16;1-9-10(2)14-8-4-6-12-5-3-7-13(9)11(12)14;1-8-11-6-2-4-10-5-3-7-12(8)9(10)11;/h10-13H,1-9H2;1,3-4,11,13H,2,5-9H2;9-11H,3-8H2,1-2H3;8-9H,2-7H2,1H3;1H4/q;+1;;;. The van der Waals surface area contributed by atoms with Crippen LogP contribution in [0.2, 0.25) is 0 Å². The zero-order valence-electron chi connectivity index (χ0n) is 37.4. The van der Waals surface area contributed by atoms with Crippen molar-refractivity contribution in [1.29, 1.82) is 0 Å². The van der Waals surface area contributed by atoms with Crippen LogP contribution >= 0.6 is 0 Å². The fourth-order valence-electron chi connectivity index (χ4n) is 16.0. The van der Waals surface area contributed by atoms with E-state index in [1.54, 1.807) is 0 Å². The molecular formula is C47H81N14+. The molecule has 14 heteroatoms. The van der Waals surface area contributed by atoms with Gasteiger partial charge in [0.15, 0.2) is 0 Å². The van der Waals surface area contributed by atoms with E-state index in [2.05, 4.69) is 107 Å². The number of aromatic nitrogens is 1. The smallest absolute Gasteiger partial charge is 0.284 e. The summed E-state index contributed by atoms with van der Waals surface area (Å²) >= 11 is 0. The second-order valence-corrected chi connectivity index (χ2v) is 21.6. The topological polar surface area (TPSA) is 46.0 Å². The van der Waals surface area contributed by atoms with E-state index in [4.69, 9.17) is 0 Å². The molecule has 14 nitrogen and oxygen atoms in total. The molecule has 0 radical (unpaired) electrons. The Hall–Kier alpha value is -1.53. The van der Waals surface area contributed by atoms with Crippen molar-refractivity contribution in [2.24, 2.45) is 5.92 Å². The zero-order valence-corrected chi connectivity index (χ0v) is 37.4. The number of anilines is 1. The van der Waals surface area contributed by atoms with Gasteiger partial charge < -0.3 is 0 Å². The maximum atomic E-state index is 2.88. The summed E-state index contributed by atoms with van der Waals surface area (Å²) in [6, 6.07) is 7.57. The SMILES string of the molecule is C.C1CC2CN3CCCN4CC5CN(C1)C2N5C34.CC1C(C)N2CCCN3CCCN1C32.CC1N2CCCN3CCCN1C32.c1cc2c3[n+](c1)CC1CN4CCCN(C2)C4N31. The van der Waals surface area contributed by atoms with Crippen LogP contribution in [0.5, 0.6) is 0 Å². The highest BCUT2D eigenvalue weighted by Gasteiger charge is 2.60. The third kappa shape index (κ3) is 6.42. The Morgan fingerprint density at radius 3 is 1.72 bits per heavy atom. The molecule has 15 aliphatic rings. The van der Waals surface area contributed by atoms with Crippen molar-refractivity contribution in [1.82, 2.24) is 58.8 Å². The lowest BCUT2D eigenvalue weighted by molar-refractivity contribution is -0.674. The molecule has 61 heavy (non-hydrogen) atoms. The molecule has 0 saturated carbocycles. The highest BCUT2D eigenvalue weighted by molar-refractivity contribution is 5.50. The average Bonchev–Trinajstić information content (AvgIpc) is 4.09. The van der Waals surface area contributed by atoms with Gasteiger partial charge in [0.05, 0.1) is 24.1 Å². The Morgan fingerprint density at radius 1 is 0.508 bits per heavy atom. The van der Waals surface area contributed by atoms with Gasteiger partial charge in [-0.2, -0.15) is 0 Å². The van der Waals surface area contributed by atoms with Crippen LogP contribution in [0.25, 0.3) is 0 Å². The van der Waals surface area contributed by atoms with Crippen LogP contribution in [-0.4, -0.2) is 232 Å². The summed E-state index contributed by atoms with van der Waals surface area (Å²) in [4.78, 5) is 35.2. The van der Waals surface area contributed by atoms with E-state index in [9.17, 15) is 0 Å². The molecule has 1 aromatic heterocycles. The van der Waals surface area contributed by atoms with Crippen LogP contribution in [0, 0.1) is 5.92 Å². The Balaban J connectivity index is 0.0000000875. The van der Waals surface area contributed by atoms with Crippen LogP contribution < -0.4 is 9.47 Å². The zero-order chi connectivity index (χ0) is 39.8. The van der Waals surface area contributed by atoms with Crippen LogP contribution in [0.1, 0.15) is 85.1 Å². The van der Waals surface area contributed by atoms with Gasteiger partial charge in [0, 0.05) is 135 Å². The highest BCUT2D eigenvalue weighted by atomic mass is 15.7. The van der Waals surface area contributed by atoms with Crippen molar-refractivity contribution >= 4 is 5.82 Å². The predicted octanol–water partition coefficient (Wildman–Crippen LogP) is 1.76. The first-order valence-corrected chi connectivity index (χ1v) is 25.3. The first kappa shape index (κ1) is 40.9. The molecular weight excluding hydrogens is 761 g/mol. The Bertz CT molecular complexity index is 1670. The molecule has 0 amide bonds. The fourth-order valence-corrected chi connectivity index (χ4v) is 16.0. The van der Waals surface area contributed by atoms with E-state index < -0.39 is 0 Å². The van der Waals surface area contributed by atoms with Crippen LogP contribution in [0.3, 0.4) is 0 Å². The minimum atomic E-state index is 0. The van der Waals surface area contributed by atoms with Crippen LogP contribution in [0.4, 0.5) is 5.82 Å². The lowest BCUT2D eigenvalue weighted by atomic mass is 9.91. The molecule has 0 bridgehead atoms. The van der Waals surface area contributed by atoms with Gasteiger partial charge >= 0.3 is 0 Å². The number of hydrogen-bond donors (Lipinski definition) is 0. The molecule has 13 saturated heterocycles. The lowest BCUT2D eigenvalue weighted by Gasteiger charge is -2.64. The minimum Gasteiger partial charge on any atom is -0.286 e. The maximum absolute atomic E-state index is 2.88. The van der Waals surface area contributed by atoms with Crippen molar-refractivity contribution in [3.8, 4) is 0 Å². The van der Waals surface area contributed by atoms with Crippen molar-refractivity contribution in [2.45, 2.75) is 154 Å². The molecule has 15 aliphatic heterocycles. The fraction of sp³-hybridized carbons (Fsp3) is 0.894. The van der Waals surface area contributed by atoms with Gasteiger partial charge in [0.25, 0.3) is 5.82 Å². The molecule has 1 aromatic rings. The van der Waals surface area contributed by atoms with Gasteiger partial charge in [-0.3, -0.25) is 49.0 Å². The highest BCUT2D eigenvalue weighted by Crippen LogP contribution is 2.45. The van der Waals surface area contributed by atoms with Gasteiger partial charge in [-0.15, -0.1) is 0 Å². The quantitative estimate of drug-likeness (QED) is 0.358. The largest absolute Gasteiger partial charge is 0.286 e. The first-order chi connectivity index (χ1) is 29.5. The lowest BCUT2D eigenvalue weighted by Crippen LogP contribution is -2.79. The second-order valence-electron chi connectivity index (χ2n) is 21.6. The third-order valence-electron chi connectivity index (χ3n) is 18.5. The van der Waals surface area contributed by atoms with Crippen molar-refractivity contribution in [3.63, 3.8) is 0 Å². The summed E-state index contributed by atoms with van der Waals surface area (Å²) in [6.45, 7) is 31.9. The number of nitrogens with zero attached hydrogens (tertiary/aromatic N) is 14. The monoisotopic (exact) mass is 842 g/mol. The molecule has 0 aromatic carbocycles. The summed E-state index contributed by atoms with van der Waals surface area (Å²) in [6.07, 6.45) is 17.5. The summed E-state index contributed by atoms with van der Waals surface area (Å²) in [5, 5.41) is 0. The molecule has 0 spiro atoms. The van der Waals surface area contributed by atoms with Gasteiger partial charge in [0.2, 0.25) is 6.29 Å². The molecule has 16 rings (SSSR count). The van der Waals surface area contributed by atoms with E-state index in [1.165, 1.54) is 181 Å². The first-order valence-electron chi connectivity index (χ1n) is 25.3. The average molecular weight is 842 g/mol. The van der Waals surface area contributed by atoms with E-state index in [-0.39, 0.29) is 7.43 Å². The second kappa shape index (κ2) is 16.1. The molecule has 338 valence electrons. The molecule has 0 aliphatic carbocycles. The van der Waals surface area contributed by atoms with E-state index >= 15 is 0 Å². The van der Waals surface area contributed by atoms with Crippen molar-refractivity contribution in [3.05, 3.63) is 23.9 Å². The Morgan fingerprint density at radius 2 is 1.03 bits per heavy atom. The summed E-state index contributed by atoms with van der Waals surface area (Å²) in [5.41, 5.74) is 1.52. The Kier molecular flexibility index (Phi) is 10.8. The molecule has 0 N–H and O–H groups in total. The normalized spacial score (nSPS) is 42.7. The van der Waals surface area contributed by atoms with E-state index in [0.717, 1.165) is 42.9 Å². The van der Waals surface area contributed by atoms with Crippen molar-refractivity contribution < 1.29 is 4.57 Å². The van der Waals surface area contributed by atoms with E-state index in [0.29, 0.717) is 31.2 Å². The van der Waals surface area contributed by atoms with Crippen LogP contribution in [-0.2, 0) is 13.1 Å². The number of rotatable bonds is 0. The maximum Gasteiger partial charge on any atom is 0.284 e. The number of pyridine rings is 1.